The van der Waals surface area contributed by atoms with Gasteiger partial charge in [-0.2, -0.15) is 0 Å². The van der Waals surface area contributed by atoms with Gasteiger partial charge in [0.1, 0.15) is 5.75 Å². The van der Waals surface area contributed by atoms with Crippen LogP contribution in [0.5, 0.6) is 5.75 Å². The minimum atomic E-state index is 0.160. The summed E-state index contributed by atoms with van der Waals surface area (Å²) < 4.78 is 5.46. The normalized spacial score (nSPS) is 25.7. The SMILES string of the molecule is CCOc1ccc(C(Cl)C2CCC(C)CC2)cc1. The van der Waals surface area contributed by atoms with Crippen LogP contribution in [0, 0.1) is 11.8 Å². The van der Waals surface area contributed by atoms with Gasteiger partial charge in [0.25, 0.3) is 0 Å². The first-order valence-electron chi connectivity index (χ1n) is 7.07. The highest BCUT2D eigenvalue weighted by molar-refractivity contribution is 6.21. The fourth-order valence-corrected chi connectivity index (χ4v) is 3.16. The van der Waals surface area contributed by atoms with Crippen LogP contribution in [0.2, 0.25) is 0 Å². The third-order valence-electron chi connectivity index (χ3n) is 3.98. The first kappa shape index (κ1) is 13.7. The van der Waals surface area contributed by atoms with Gasteiger partial charge in [0.2, 0.25) is 0 Å². The van der Waals surface area contributed by atoms with Crippen LogP contribution in [0.4, 0.5) is 0 Å². The summed E-state index contributed by atoms with van der Waals surface area (Å²) in [7, 11) is 0. The van der Waals surface area contributed by atoms with Crippen LogP contribution in [-0.2, 0) is 0 Å². The highest BCUT2D eigenvalue weighted by Gasteiger charge is 2.25. The molecule has 0 saturated heterocycles. The van der Waals surface area contributed by atoms with E-state index in [1.54, 1.807) is 0 Å². The molecule has 0 bridgehead atoms. The quantitative estimate of drug-likeness (QED) is 0.682. The van der Waals surface area contributed by atoms with Crippen molar-refractivity contribution in [2.45, 2.75) is 44.9 Å². The third-order valence-corrected chi connectivity index (χ3v) is 4.59. The Kier molecular flexibility index (Phi) is 4.94. The molecule has 2 heteroatoms. The second kappa shape index (κ2) is 6.47. The summed E-state index contributed by atoms with van der Waals surface area (Å²) in [5.41, 5.74) is 1.24. The second-order valence-corrected chi connectivity index (χ2v) is 5.89. The number of hydrogen-bond acceptors (Lipinski definition) is 1. The minimum absolute atomic E-state index is 0.160. The van der Waals surface area contributed by atoms with Gasteiger partial charge in [0, 0.05) is 0 Å². The van der Waals surface area contributed by atoms with E-state index >= 15 is 0 Å². The van der Waals surface area contributed by atoms with Crippen LogP contribution in [0.25, 0.3) is 0 Å². The fraction of sp³-hybridized carbons (Fsp3) is 0.625. The first-order chi connectivity index (χ1) is 8.70. The van der Waals surface area contributed by atoms with Crippen molar-refractivity contribution >= 4 is 11.6 Å². The molecule has 1 unspecified atom stereocenters. The van der Waals surface area contributed by atoms with E-state index in [1.807, 2.05) is 19.1 Å². The number of benzene rings is 1. The van der Waals surface area contributed by atoms with Crippen molar-refractivity contribution in [2.75, 3.05) is 6.61 Å². The van der Waals surface area contributed by atoms with E-state index in [1.165, 1.54) is 31.2 Å². The molecular formula is C16H23ClO. The molecule has 0 spiro atoms. The fourth-order valence-electron chi connectivity index (χ4n) is 2.77. The van der Waals surface area contributed by atoms with Crippen molar-refractivity contribution in [3.63, 3.8) is 0 Å². The average Bonchev–Trinajstić information content (AvgIpc) is 2.40. The van der Waals surface area contributed by atoms with Gasteiger partial charge in [0.05, 0.1) is 12.0 Å². The van der Waals surface area contributed by atoms with Gasteiger partial charge >= 0.3 is 0 Å². The van der Waals surface area contributed by atoms with Crippen LogP contribution in [-0.4, -0.2) is 6.61 Å². The van der Waals surface area contributed by atoms with Crippen LogP contribution in [0.1, 0.15) is 50.5 Å². The Morgan fingerprint density at radius 2 is 1.78 bits per heavy atom. The molecule has 0 radical (unpaired) electrons. The Morgan fingerprint density at radius 1 is 1.17 bits per heavy atom. The highest BCUT2D eigenvalue weighted by Crippen LogP contribution is 2.40. The second-order valence-electron chi connectivity index (χ2n) is 5.42. The van der Waals surface area contributed by atoms with Crippen LogP contribution < -0.4 is 4.74 Å². The predicted molar refractivity (Wildman–Crippen MR) is 77.3 cm³/mol. The Hall–Kier alpha value is -0.690. The Balaban J connectivity index is 1.97. The molecule has 1 aliphatic carbocycles. The minimum Gasteiger partial charge on any atom is -0.494 e. The third kappa shape index (κ3) is 3.41. The van der Waals surface area contributed by atoms with Crippen molar-refractivity contribution in [1.29, 1.82) is 0 Å². The highest BCUT2D eigenvalue weighted by atomic mass is 35.5. The molecule has 100 valence electrons. The molecule has 18 heavy (non-hydrogen) atoms. The lowest BCUT2D eigenvalue weighted by Crippen LogP contribution is -2.16. The zero-order valence-corrected chi connectivity index (χ0v) is 12.1. The van der Waals surface area contributed by atoms with E-state index in [9.17, 15) is 0 Å². The lowest BCUT2D eigenvalue weighted by Gasteiger charge is -2.29. The smallest absolute Gasteiger partial charge is 0.119 e. The zero-order valence-electron chi connectivity index (χ0n) is 11.4. The lowest BCUT2D eigenvalue weighted by atomic mass is 9.80. The van der Waals surface area contributed by atoms with E-state index in [2.05, 4.69) is 19.1 Å². The average molecular weight is 267 g/mol. The van der Waals surface area contributed by atoms with Crippen LogP contribution in [0.15, 0.2) is 24.3 Å². The Labute approximate surface area is 115 Å². The summed E-state index contributed by atoms with van der Waals surface area (Å²) in [6.45, 7) is 5.06. The topological polar surface area (TPSA) is 9.23 Å². The van der Waals surface area contributed by atoms with Crippen molar-refractivity contribution in [1.82, 2.24) is 0 Å². The molecule has 1 aromatic carbocycles. The van der Waals surface area contributed by atoms with E-state index in [4.69, 9.17) is 16.3 Å². The number of alkyl halides is 1. The van der Waals surface area contributed by atoms with E-state index in [-0.39, 0.29) is 5.38 Å². The summed E-state index contributed by atoms with van der Waals surface area (Å²) in [6.07, 6.45) is 5.18. The summed E-state index contributed by atoms with van der Waals surface area (Å²) in [4.78, 5) is 0. The Morgan fingerprint density at radius 3 is 2.33 bits per heavy atom. The molecule has 1 aliphatic rings. The maximum Gasteiger partial charge on any atom is 0.119 e. The van der Waals surface area contributed by atoms with Gasteiger partial charge in [-0.05, 0) is 49.3 Å². The maximum absolute atomic E-state index is 6.62. The summed E-state index contributed by atoms with van der Waals surface area (Å²) in [5, 5.41) is 0.160. The van der Waals surface area contributed by atoms with Gasteiger partial charge < -0.3 is 4.74 Å². The molecule has 0 heterocycles. The summed E-state index contributed by atoms with van der Waals surface area (Å²) in [6, 6.07) is 8.28. The predicted octanol–water partition coefficient (Wildman–Crippen LogP) is 5.19. The molecule has 1 aromatic rings. The van der Waals surface area contributed by atoms with Gasteiger partial charge in [-0.3, -0.25) is 0 Å². The monoisotopic (exact) mass is 266 g/mol. The number of halogens is 1. The number of ether oxygens (including phenoxy) is 1. The van der Waals surface area contributed by atoms with Crippen LogP contribution >= 0.6 is 11.6 Å². The number of rotatable bonds is 4. The van der Waals surface area contributed by atoms with E-state index in [0.29, 0.717) is 12.5 Å². The van der Waals surface area contributed by atoms with E-state index < -0.39 is 0 Å². The van der Waals surface area contributed by atoms with Crippen molar-refractivity contribution < 1.29 is 4.74 Å². The standard InChI is InChI=1S/C16H23ClO/c1-3-18-15-10-8-14(9-11-15)16(17)13-6-4-12(2)5-7-13/h8-13,16H,3-7H2,1-2H3. The Bertz CT molecular complexity index is 352. The maximum atomic E-state index is 6.62. The molecule has 1 saturated carbocycles. The molecule has 0 aliphatic heterocycles. The van der Waals surface area contributed by atoms with Crippen LogP contribution in [0.3, 0.4) is 0 Å². The molecule has 2 rings (SSSR count). The molecule has 0 aromatic heterocycles. The van der Waals surface area contributed by atoms with Crippen molar-refractivity contribution in [2.24, 2.45) is 11.8 Å². The van der Waals surface area contributed by atoms with Gasteiger partial charge in [-0.25, -0.2) is 0 Å². The molecule has 1 fully saturated rings. The number of hydrogen-bond donors (Lipinski definition) is 0. The largest absolute Gasteiger partial charge is 0.494 e. The molecule has 0 amide bonds. The molecule has 0 N–H and O–H groups in total. The lowest BCUT2D eigenvalue weighted by molar-refractivity contribution is 0.283. The van der Waals surface area contributed by atoms with E-state index in [0.717, 1.165) is 11.7 Å². The van der Waals surface area contributed by atoms with Crippen molar-refractivity contribution in [3.8, 4) is 5.75 Å². The van der Waals surface area contributed by atoms with Gasteiger partial charge in [-0.15, -0.1) is 11.6 Å². The molecule has 1 nitrogen and oxygen atoms in total. The molecule has 1 atom stereocenters. The summed E-state index contributed by atoms with van der Waals surface area (Å²) >= 11 is 6.62. The molecular weight excluding hydrogens is 244 g/mol. The van der Waals surface area contributed by atoms with Gasteiger partial charge in [-0.1, -0.05) is 31.9 Å². The first-order valence-corrected chi connectivity index (χ1v) is 7.51. The van der Waals surface area contributed by atoms with Gasteiger partial charge in [0.15, 0.2) is 0 Å². The van der Waals surface area contributed by atoms with Crippen molar-refractivity contribution in [3.05, 3.63) is 29.8 Å². The summed E-state index contributed by atoms with van der Waals surface area (Å²) in [5.74, 6) is 2.45. The zero-order chi connectivity index (χ0) is 13.0.